The number of aromatic nitrogens is 2. The zero-order chi connectivity index (χ0) is 28.0. The van der Waals surface area contributed by atoms with Gasteiger partial charge in [0.25, 0.3) is 0 Å². The molecular formula is C30H34F3N5O2. The zero-order valence-corrected chi connectivity index (χ0v) is 22.5. The van der Waals surface area contributed by atoms with Gasteiger partial charge in [0.15, 0.2) is 0 Å². The van der Waals surface area contributed by atoms with Gasteiger partial charge in [-0.3, -0.25) is 14.5 Å². The van der Waals surface area contributed by atoms with Crippen molar-refractivity contribution in [3.05, 3.63) is 66.0 Å². The number of hydrogen-bond acceptors (Lipinski definition) is 4. The topological polar surface area (TPSA) is 70.5 Å². The van der Waals surface area contributed by atoms with E-state index in [0.717, 1.165) is 24.9 Å². The average Bonchev–Trinajstić information content (AvgIpc) is 3.40. The van der Waals surface area contributed by atoms with Crippen LogP contribution in [-0.2, 0) is 15.8 Å². The molecular weight excluding hydrogens is 519 g/mol. The Morgan fingerprint density at radius 2 is 1.62 bits per heavy atom. The number of nitrogens with zero attached hydrogens (tertiary/aromatic N) is 4. The first kappa shape index (κ1) is 26.8. The van der Waals surface area contributed by atoms with Crippen LogP contribution in [0.4, 0.5) is 13.2 Å². The van der Waals surface area contributed by atoms with Gasteiger partial charge in [-0.1, -0.05) is 42.5 Å². The van der Waals surface area contributed by atoms with Crippen molar-refractivity contribution in [3.8, 4) is 0 Å². The number of alkyl halides is 3. The molecule has 1 unspecified atom stereocenters. The van der Waals surface area contributed by atoms with E-state index in [9.17, 15) is 22.8 Å². The molecule has 3 fully saturated rings. The fraction of sp³-hybridized carbons (Fsp3) is 0.500. The highest BCUT2D eigenvalue weighted by atomic mass is 19.4. The number of carbonyl (C=O) groups excluding carboxylic acids is 2. The predicted molar refractivity (Wildman–Crippen MR) is 144 cm³/mol. The van der Waals surface area contributed by atoms with E-state index in [1.807, 2.05) is 30.3 Å². The first-order valence-electron chi connectivity index (χ1n) is 14.1. The summed E-state index contributed by atoms with van der Waals surface area (Å²) in [5.41, 5.74) is 1.95. The molecule has 3 saturated heterocycles. The maximum atomic E-state index is 14.0. The minimum absolute atomic E-state index is 0.0198. The third kappa shape index (κ3) is 5.09. The number of likely N-dealkylation sites (tertiary alicyclic amines) is 1. The van der Waals surface area contributed by atoms with Gasteiger partial charge in [-0.25, -0.2) is 4.98 Å². The lowest BCUT2D eigenvalue weighted by molar-refractivity contribution is -0.148. The minimum Gasteiger partial charge on any atom is -0.349 e. The minimum atomic E-state index is -4.52. The molecule has 1 N–H and O–H groups in total. The molecule has 7 nitrogen and oxygen atoms in total. The van der Waals surface area contributed by atoms with Gasteiger partial charge in [-0.15, -0.1) is 0 Å². The molecule has 0 saturated carbocycles. The van der Waals surface area contributed by atoms with E-state index in [-0.39, 0.29) is 41.9 Å². The van der Waals surface area contributed by atoms with Crippen LogP contribution in [0.2, 0.25) is 0 Å². The van der Waals surface area contributed by atoms with Gasteiger partial charge in [0.05, 0.1) is 23.0 Å². The SMILES string of the molecule is CC(=O)N1CC(C(=O)N[C@@H](CCN2[C@@H]3CC[C@H]2CC(n2c(C(F)(F)F)nc4ccccc42)C3)c2ccccc2)C1. The summed E-state index contributed by atoms with van der Waals surface area (Å²) in [5.74, 6) is -1.07. The summed E-state index contributed by atoms with van der Waals surface area (Å²) in [6.45, 7) is 3.16. The fourth-order valence-electron chi connectivity index (χ4n) is 6.91. The number of rotatable bonds is 7. The number of hydrogen-bond donors (Lipinski definition) is 1. The number of piperidine rings is 1. The van der Waals surface area contributed by atoms with Gasteiger partial charge in [0, 0.05) is 44.7 Å². The molecule has 1 aromatic heterocycles. The summed E-state index contributed by atoms with van der Waals surface area (Å²) in [7, 11) is 0. The normalized spacial score (nSPS) is 24.2. The van der Waals surface area contributed by atoms with Gasteiger partial charge in [-0.05, 0) is 49.8 Å². The molecule has 212 valence electrons. The van der Waals surface area contributed by atoms with Crippen LogP contribution >= 0.6 is 0 Å². The summed E-state index contributed by atoms with van der Waals surface area (Å²) in [6.07, 6.45) is -0.603. The second kappa shape index (κ2) is 10.5. The Morgan fingerprint density at radius 1 is 0.975 bits per heavy atom. The third-order valence-electron chi connectivity index (χ3n) is 8.97. The van der Waals surface area contributed by atoms with E-state index in [1.54, 1.807) is 29.2 Å². The van der Waals surface area contributed by atoms with Crippen LogP contribution in [0, 0.1) is 5.92 Å². The molecule has 2 bridgehead atoms. The molecule has 10 heteroatoms. The Morgan fingerprint density at radius 3 is 2.27 bits per heavy atom. The predicted octanol–water partition coefficient (Wildman–Crippen LogP) is 4.95. The van der Waals surface area contributed by atoms with Crippen LogP contribution < -0.4 is 5.32 Å². The summed E-state index contributed by atoms with van der Waals surface area (Å²) >= 11 is 0. The van der Waals surface area contributed by atoms with E-state index in [1.165, 1.54) is 11.5 Å². The van der Waals surface area contributed by atoms with Crippen LogP contribution in [0.1, 0.15) is 62.5 Å². The first-order valence-corrected chi connectivity index (χ1v) is 14.1. The van der Waals surface area contributed by atoms with Crippen molar-refractivity contribution in [2.45, 2.75) is 69.4 Å². The molecule has 3 aromatic rings. The van der Waals surface area contributed by atoms with E-state index in [2.05, 4.69) is 15.2 Å². The van der Waals surface area contributed by atoms with Crippen molar-refractivity contribution in [1.82, 2.24) is 24.7 Å². The Hall–Kier alpha value is -3.40. The van der Waals surface area contributed by atoms with Gasteiger partial charge in [0.2, 0.25) is 17.6 Å². The largest absolute Gasteiger partial charge is 0.449 e. The Bertz CT molecular complexity index is 1370. The fourth-order valence-corrected chi connectivity index (χ4v) is 6.91. The standard InChI is InChI=1S/C30H34F3N5O2/c1-19(39)36-17-21(18-36)28(40)34-25(20-7-3-2-4-8-20)13-14-37-22-11-12-23(37)16-24(15-22)38-27-10-6-5-9-26(27)35-29(38)30(31,32)33/h2-10,21-25H,11-18H2,1H3,(H,34,40)/t22-,23+,24?,25-/m0/s1. The maximum absolute atomic E-state index is 14.0. The number of benzene rings is 2. The molecule has 3 aliphatic rings. The quantitative estimate of drug-likeness (QED) is 0.450. The lowest BCUT2D eigenvalue weighted by Gasteiger charge is -2.41. The van der Waals surface area contributed by atoms with Crippen molar-refractivity contribution in [1.29, 1.82) is 0 Å². The number of nitrogens with one attached hydrogen (secondary N) is 1. The highest BCUT2D eigenvalue weighted by Crippen LogP contribution is 2.44. The Labute approximate surface area is 231 Å². The van der Waals surface area contributed by atoms with E-state index in [4.69, 9.17) is 0 Å². The van der Waals surface area contributed by atoms with Gasteiger partial charge in [-0.2, -0.15) is 13.2 Å². The van der Waals surface area contributed by atoms with Gasteiger partial charge < -0.3 is 14.8 Å². The number of amides is 2. The highest BCUT2D eigenvalue weighted by Gasteiger charge is 2.45. The van der Waals surface area contributed by atoms with E-state index in [0.29, 0.717) is 43.4 Å². The molecule has 2 aromatic carbocycles. The average molecular weight is 554 g/mol. The lowest BCUT2D eigenvalue weighted by Crippen LogP contribution is -2.55. The molecule has 2 amide bonds. The Balaban J connectivity index is 1.16. The Kier molecular flexibility index (Phi) is 7.06. The number of para-hydroxylation sites is 2. The van der Waals surface area contributed by atoms with Gasteiger partial charge >= 0.3 is 6.18 Å². The summed E-state index contributed by atoms with van der Waals surface area (Å²) in [5, 5.41) is 3.22. The van der Waals surface area contributed by atoms with Crippen LogP contribution in [0.3, 0.4) is 0 Å². The van der Waals surface area contributed by atoms with Crippen LogP contribution in [0.5, 0.6) is 0 Å². The molecule has 6 rings (SSSR count). The molecule has 0 spiro atoms. The molecule has 40 heavy (non-hydrogen) atoms. The monoisotopic (exact) mass is 553 g/mol. The smallest absolute Gasteiger partial charge is 0.349 e. The van der Waals surface area contributed by atoms with Crippen molar-refractivity contribution in [3.63, 3.8) is 0 Å². The lowest BCUT2D eigenvalue weighted by atomic mass is 9.94. The van der Waals surface area contributed by atoms with Crippen molar-refractivity contribution in [2.75, 3.05) is 19.6 Å². The van der Waals surface area contributed by atoms with Crippen LogP contribution in [-0.4, -0.2) is 62.9 Å². The van der Waals surface area contributed by atoms with Crippen LogP contribution in [0.15, 0.2) is 54.6 Å². The molecule has 0 radical (unpaired) electrons. The van der Waals surface area contributed by atoms with Crippen molar-refractivity contribution < 1.29 is 22.8 Å². The zero-order valence-electron chi connectivity index (χ0n) is 22.5. The maximum Gasteiger partial charge on any atom is 0.449 e. The number of imidazole rings is 1. The second-order valence-electron chi connectivity index (χ2n) is 11.4. The van der Waals surface area contributed by atoms with E-state index >= 15 is 0 Å². The summed E-state index contributed by atoms with van der Waals surface area (Å²) < 4.78 is 43.4. The summed E-state index contributed by atoms with van der Waals surface area (Å²) in [4.78, 5) is 32.6. The third-order valence-corrected chi connectivity index (χ3v) is 8.97. The highest BCUT2D eigenvalue weighted by molar-refractivity contribution is 5.84. The molecule has 4 heterocycles. The first-order chi connectivity index (χ1) is 19.2. The second-order valence-corrected chi connectivity index (χ2v) is 11.4. The van der Waals surface area contributed by atoms with Crippen molar-refractivity contribution >= 4 is 22.8 Å². The molecule has 0 aliphatic carbocycles. The summed E-state index contributed by atoms with van der Waals surface area (Å²) in [6, 6.07) is 16.7. The molecule has 4 atom stereocenters. The van der Waals surface area contributed by atoms with Crippen molar-refractivity contribution in [2.24, 2.45) is 5.92 Å². The van der Waals surface area contributed by atoms with Crippen LogP contribution in [0.25, 0.3) is 11.0 Å². The van der Waals surface area contributed by atoms with Gasteiger partial charge in [0.1, 0.15) is 0 Å². The molecule has 3 aliphatic heterocycles. The van der Waals surface area contributed by atoms with E-state index < -0.39 is 12.0 Å². The number of carbonyl (C=O) groups is 2. The number of halogens is 3. The number of fused-ring (bicyclic) bond motifs is 3.